The number of aromatic nitrogens is 1. The van der Waals surface area contributed by atoms with Crippen LogP contribution in [0.5, 0.6) is 0 Å². The minimum atomic E-state index is -0.305. The molecule has 0 saturated carbocycles. The van der Waals surface area contributed by atoms with Crippen LogP contribution in [0.2, 0.25) is 0 Å². The molecule has 17 heavy (non-hydrogen) atoms. The normalized spacial score (nSPS) is 13.7. The summed E-state index contributed by atoms with van der Waals surface area (Å²) in [5.41, 5.74) is 0.647. The summed E-state index contributed by atoms with van der Waals surface area (Å²) in [6, 6.07) is 3.29. The Labute approximate surface area is 102 Å². The quantitative estimate of drug-likeness (QED) is 0.830. The number of pyridine rings is 1. The van der Waals surface area contributed by atoms with E-state index < -0.39 is 0 Å². The summed E-state index contributed by atoms with van der Waals surface area (Å²) in [5.74, 6) is -0.305. The summed E-state index contributed by atoms with van der Waals surface area (Å²) >= 11 is 0. The molecule has 96 valence electrons. The van der Waals surface area contributed by atoms with Crippen molar-refractivity contribution in [1.29, 1.82) is 0 Å². The Balaban J connectivity index is 2.63. The van der Waals surface area contributed by atoms with Crippen LogP contribution in [0.4, 0.5) is 4.39 Å². The highest BCUT2D eigenvalue weighted by molar-refractivity contribution is 5.09. The van der Waals surface area contributed by atoms with Gasteiger partial charge < -0.3 is 10.1 Å². The maximum absolute atomic E-state index is 12.8. The third-order valence-corrected chi connectivity index (χ3v) is 2.84. The molecule has 0 aromatic carbocycles. The zero-order valence-electron chi connectivity index (χ0n) is 11.0. The number of rotatable bonds is 6. The van der Waals surface area contributed by atoms with Gasteiger partial charge in [0.15, 0.2) is 0 Å². The summed E-state index contributed by atoms with van der Waals surface area (Å²) < 4.78 is 18.1. The molecule has 0 spiro atoms. The molecule has 0 bridgehead atoms. The molecular weight excluding hydrogens is 219 g/mol. The lowest BCUT2D eigenvalue weighted by molar-refractivity contribution is 0.0208. The summed E-state index contributed by atoms with van der Waals surface area (Å²) in [6.07, 6.45) is 2.15. The van der Waals surface area contributed by atoms with Crippen LogP contribution in [-0.2, 0) is 4.74 Å². The summed E-state index contributed by atoms with van der Waals surface area (Å²) in [5, 5.41) is 3.39. The van der Waals surface area contributed by atoms with Gasteiger partial charge in [0.1, 0.15) is 5.82 Å². The molecule has 1 aromatic heterocycles. The van der Waals surface area contributed by atoms with E-state index in [4.69, 9.17) is 4.74 Å². The fraction of sp³-hybridized carbons (Fsp3) is 0.615. The molecule has 0 aliphatic carbocycles. The predicted octanol–water partition coefficient (Wildman–Crippen LogP) is 2.69. The molecule has 0 radical (unpaired) electrons. The van der Waals surface area contributed by atoms with Crippen LogP contribution in [0.25, 0.3) is 0 Å². The van der Waals surface area contributed by atoms with E-state index in [1.807, 2.05) is 13.8 Å². The van der Waals surface area contributed by atoms with Crippen molar-refractivity contribution in [3.63, 3.8) is 0 Å². The van der Waals surface area contributed by atoms with Gasteiger partial charge in [-0.25, -0.2) is 4.39 Å². The van der Waals surface area contributed by atoms with Crippen molar-refractivity contribution in [2.45, 2.75) is 38.8 Å². The molecule has 0 amide bonds. The van der Waals surface area contributed by atoms with Crippen LogP contribution in [0.15, 0.2) is 18.3 Å². The van der Waals surface area contributed by atoms with Gasteiger partial charge in [-0.15, -0.1) is 0 Å². The Kier molecular flexibility index (Phi) is 5.02. The molecule has 1 heterocycles. The Hall–Kier alpha value is -1.00. The second-order valence-corrected chi connectivity index (χ2v) is 4.71. The zero-order chi connectivity index (χ0) is 12.9. The number of hydrogen-bond acceptors (Lipinski definition) is 3. The Morgan fingerprint density at radius 3 is 2.65 bits per heavy atom. The number of nitrogens with zero attached hydrogens (tertiary/aromatic N) is 1. The second-order valence-electron chi connectivity index (χ2n) is 4.71. The predicted molar refractivity (Wildman–Crippen MR) is 66.3 cm³/mol. The van der Waals surface area contributed by atoms with Gasteiger partial charge in [-0.3, -0.25) is 4.98 Å². The van der Waals surface area contributed by atoms with Crippen LogP contribution in [-0.4, -0.2) is 24.2 Å². The first-order valence-corrected chi connectivity index (χ1v) is 5.88. The number of hydrogen-bond donors (Lipinski definition) is 1. The van der Waals surface area contributed by atoms with Crippen LogP contribution in [0.3, 0.4) is 0 Å². The minimum Gasteiger partial charge on any atom is -0.377 e. The fourth-order valence-corrected chi connectivity index (χ4v) is 1.49. The molecule has 0 fully saturated rings. The lowest BCUT2D eigenvalue weighted by Crippen LogP contribution is -2.38. The number of methoxy groups -OCH3 is 1. The van der Waals surface area contributed by atoms with Gasteiger partial charge in [-0.1, -0.05) is 6.92 Å². The lowest BCUT2D eigenvalue weighted by Gasteiger charge is -2.26. The van der Waals surface area contributed by atoms with Crippen LogP contribution in [0.1, 0.15) is 38.9 Å². The van der Waals surface area contributed by atoms with Crippen molar-refractivity contribution in [3.05, 3.63) is 29.8 Å². The van der Waals surface area contributed by atoms with Gasteiger partial charge in [-0.05, 0) is 32.4 Å². The van der Waals surface area contributed by atoms with Gasteiger partial charge in [0, 0.05) is 19.7 Å². The largest absolute Gasteiger partial charge is 0.377 e. The molecule has 0 aliphatic rings. The molecule has 1 atom stereocenters. The van der Waals surface area contributed by atoms with Crippen molar-refractivity contribution in [2.75, 3.05) is 13.7 Å². The highest BCUT2D eigenvalue weighted by atomic mass is 19.1. The third-order valence-electron chi connectivity index (χ3n) is 2.84. The van der Waals surface area contributed by atoms with Gasteiger partial charge in [0.2, 0.25) is 0 Å². The smallest absolute Gasteiger partial charge is 0.141 e. The van der Waals surface area contributed by atoms with Crippen molar-refractivity contribution < 1.29 is 9.13 Å². The van der Waals surface area contributed by atoms with Gasteiger partial charge in [0.05, 0.1) is 17.5 Å². The monoisotopic (exact) mass is 240 g/mol. The van der Waals surface area contributed by atoms with E-state index >= 15 is 0 Å². The summed E-state index contributed by atoms with van der Waals surface area (Å²) in [6.45, 7) is 6.83. The fourth-order valence-electron chi connectivity index (χ4n) is 1.49. The lowest BCUT2D eigenvalue weighted by atomic mass is 10.1. The maximum atomic E-state index is 12.8. The molecule has 3 nitrogen and oxygen atoms in total. The van der Waals surface area contributed by atoms with E-state index in [9.17, 15) is 4.39 Å². The average Bonchev–Trinajstić information content (AvgIpc) is 2.32. The van der Waals surface area contributed by atoms with Gasteiger partial charge in [0.25, 0.3) is 0 Å². The van der Waals surface area contributed by atoms with Crippen molar-refractivity contribution >= 4 is 0 Å². The molecule has 0 saturated heterocycles. The Morgan fingerprint density at radius 1 is 1.47 bits per heavy atom. The Morgan fingerprint density at radius 2 is 2.18 bits per heavy atom. The molecule has 1 aromatic rings. The van der Waals surface area contributed by atoms with E-state index in [2.05, 4.69) is 17.2 Å². The maximum Gasteiger partial charge on any atom is 0.141 e. The summed E-state index contributed by atoms with van der Waals surface area (Å²) in [4.78, 5) is 4.10. The van der Waals surface area contributed by atoms with Crippen molar-refractivity contribution in [1.82, 2.24) is 10.3 Å². The van der Waals surface area contributed by atoms with Crippen LogP contribution < -0.4 is 5.32 Å². The second kappa shape index (κ2) is 6.07. The zero-order valence-corrected chi connectivity index (χ0v) is 11.0. The van der Waals surface area contributed by atoms with Crippen molar-refractivity contribution in [2.24, 2.45) is 0 Å². The molecule has 1 rings (SSSR count). The van der Waals surface area contributed by atoms with Crippen LogP contribution in [0, 0.1) is 5.82 Å². The first-order chi connectivity index (χ1) is 7.98. The first-order valence-electron chi connectivity index (χ1n) is 5.88. The Bertz CT molecular complexity index is 338. The SMILES string of the molecule is CCC(NCC(C)(C)OC)c1ccc(F)cn1. The minimum absolute atomic E-state index is 0.130. The number of nitrogens with one attached hydrogen (secondary N) is 1. The van der Waals surface area contributed by atoms with Gasteiger partial charge in [-0.2, -0.15) is 0 Å². The highest BCUT2D eigenvalue weighted by Crippen LogP contribution is 2.16. The number of halogens is 1. The van der Waals surface area contributed by atoms with E-state index in [1.165, 1.54) is 12.3 Å². The van der Waals surface area contributed by atoms with Gasteiger partial charge >= 0.3 is 0 Å². The van der Waals surface area contributed by atoms with E-state index in [1.54, 1.807) is 13.2 Å². The van der Waals surface area contributed by atoms with E-state index in [-0.39, 0.29) is 17.5 Å². The first kappa shape index (κ1) is 14.1. The van der Waals surface area contributed by atoms with Crippen molar-refractivity contribution in [3.8, 4) is 0 Å². The molecule has 0 aliphatic heterocycles. The topological polar surface area (TPSA) is 34.1 Å². The molecular formula is C13H21FN2O. The van der Waals surface area contributed by atoms with Crippen LogP contribution >= 0.6 is 0 Å². The van der Waals surface area contributed by atoms with E-state index in [0.717, 1.165) is 18.7 Å². The molecule has 4 heteroatoms. The van der Waals surface area contributed by atoms with E-state index in [0.29, 0.717) is 0 Å². The summed E-state index contributed by atoms with van der Waals surface area (Å²) in [7, 11) is 1.69. The number of ether oxygens (including phenoxy) is 1. The average molecular weight is 240 g/mol. The third kappa shape index (κ3) is 4.40. The standard InChI is InChI=1S/C13H21FN2O/c1-5-11(16-9-13(2,3)17-4)12-7-6-10(14)8-15-12/h6-8,11,16H,5,9H2,1-4H3. The highest BCUT2D eigenvalue weighted by Gasteiger charge is 2.19. The molecule has 1 N–H and O–H groups in total. The molecule has 1 unspecified atom stereocenters.